The van der Waals surface area contributed by atoms with Crippen LogP contribution in [0.2, 0.25) is 0 Å². The molecule has 0 aliphatic heterocycles. The first-order valence-corrected chi connectivity index (χ1v) is 9.23. The van der Waals surface area contributed by atoms with E-state index in [4.69, 9.17) is 0 Å². The van der Waals surface area contributed by atoms with Crippen molar-refractivity contribution >= 4 is 43.0 Å². The summed E-state index contributed by atoms with van der Waals surface area (Å²) in [6, 6.07) is 7.48. The van der Waals surface area contributed by atoms with Crippen molar-refractivity contribution in [3.05, 3.63) is 45.5 Å². The summed E-state index contributed by atoms with van der Waals surface area (Å²) in [4.78, 5) is 0.959. The highest BCUT2D eigenvalue weighted by Gasteiger charge is 2.18. The van der Waals surface area contributed by atoms with Gasteiger partial charge in [-0.2, -0.15) is 0 Å². The number of nitrogens with one attached hydrogen (secondary N) is 2. The van der Waals surface area contributed by atoms with E-state index in [1.807, 2.05) is 7.05 Å². The van der Waals surface area contributed by atoms with Gasteiger partial charge in [0.15, 0.2) is 0 Å². The van der Waals surface area contributed by atoms with Gasteiger partial charge in [-0.25, -0.2) is 12.8 Å². The third-order valence-electron chi connectivity index (χ3n) is 2.70. The first kappa shape index (κ1) is 16.4. The SMILES string of the molecule is CNCCc1ccc(S(=O)(=O)Nc2ccc(Br)cc2F)s1. The van der Waals surface area contributed by atoms with E-state index in [9.17, 15) is 12.8 Å². The first-order valence-electron chi connectivity index (χ1n) is 6.13. The van der Waals surface area contributed by atoms with Gasteiger partial charge in [0.2, 0.25) is 0 Å². The molecule has 2 aromatic rings. The average Bonchev–Trinajstić information content (AvgIpc) is 2.89. The Bertz CT molecular complexity index is 732. The molecule has 1 heterocycles. The Balaban J connectivity index is 2.19. The number of rotatable bonds is 6. The van der Waals surface area contributed by atoms with E-state index in [1.165, 1.54) is 29.5 Å². The van der Waals surface area contributed by atoms with Gasteiger partial charge in [-0.05, 0) is 50.3 Å². The van der Waals surface area contributed by atoms with Crippen molar-refractivity contribution in [1.82, 2.24) is 5.32 Å². The van der Waals surface area contributed by atoms with Gasteiger partial charge in [-0.15, -0.1) is 11.3 Å². The summed E-state index contributed by atoms with van der Waals surface area (Å²) in [5.74, 6) is -0.625. The minimum atomic E-state index is -3.76. The molecule has 0 radical (unpaired) electrons. The fourth-order valence-corrected chi connectivity index (χ4v) is 4.41. The summed E-state index contributed by atoms with van der Waals surface area (Å²) >= 11 is 4.31. The van der Waals surface area contributed by atoms with Crippen LogP contribution in [0.3, 0.4) is 0 Å². The Morgan fingerprint density at radius 2 is 2.05 bits per heavy atom. The standard InChI is InChI=1S/C13H14BrFN2O2S2/c1-16-7-6-10-3-5-13(20-10)21(18,19)17-12-4-2-9(14)8-11(12)15/h2-5,8,16-17H,6-7H2,1H3. The molecule has 0 unspecified atom stereocenters. The van der Waals surface area contributed by atoms with Crippen molar-refractivity contribution in [2.45, 2.75) is 10.6 Å². The second-order valence-corrected chi connectivity index (χ2v) is 8.30. The summed E-state index contributed by atoms with van der Waals surface area (Å²) < 4.78 is 41.2. The maximum Gasteiger partial charge on any atom is 0.271 e. The molecule has 2 rings (SSSR count). The summed E-state index contributed by atoms with van der Waals surface area (Å²) in [5, 5.41) is 3.00. The quantitative estimate of drug-likeness (QED) is 0.793. The van der Waals surface area contributed by atoms with E-state index < -0.39 is 15.8 Å². The van der Waals surface area contributed by atoms with E-state index >= 15 is 0 Å². The van der Waals surface area contributed by atoms with Crippen LogP contribution in [0.1, 0.15) is 4.88 Å². The molecule has 0 amide bonds. The molecule has 1 aromatic heterocycles. The lowest BCUT2D eigenvalue weighted by molar-refractivity contribution is 0.600. The fraction of sp³-hybridized carbons (Fsp3) is 0.231. The predicted octanol–water partition coefficient (Wildman–Crippen LogP) is 3.21. The molecule has 0 spiro atoms. The van der Waals surface area contributed by atoms with Crippen LogP contribution in [0.15, 0.2) is 39.0 Å². The Labute approximate surface area is 135 Å². The van der Waals surface area contributed by atoms with Crippen molar-refractivity contribution in [2.24, 2.45) is 0 Å². The van der Waals surface area contributed by atoms with Crippen LogP contribution in [0, 0.1) is 5.82 Å². The Hall–Kier alpha value is -0.960. The topological polar surface area (TPSA) is 58.2 Å². The van der Waals surface area contributed by atoms with Gasteiger partial charge < -0.3 is 5.32 Å². The molecule has 21 heavy (non-hydrogen) atoms. The van der Waals surface area contributed by atoms with Gasteiger partial charge in [0.1, 0.15) is 10.0 Å². The maximum absolute atomic E-state index is 13.7. The molecule has 0 saturated carbocycles. The van der Waals surface area contributed by atoms with Crippen LogP contribution in [0.4, 0.5) is 10.1 Å². The van der Waals surface area contributed by atoms with Crippen LogP contribution >= 0.6 is 27.3 Å². The van der Waals surface area contributed by atoms with E-state index in [0.717, 1.165) is 17.8 Å². The first-order chi connectivity index (χ1) is 9.92. The summed E-state index contributed by atoms with van der Waals surface area (Å²) in [6.07, 6.45) is 0.753. The summed E-state index contributed by atoms with van der Waals surface area (Å²) in [6.45, 7) is 0.773. The molecule has 114 valence electrons. The minimum absolute atomic E-state index is 0.0663. The van der Waals surface area contributed by atoms with Gasteiger partial charge >= 0.3 is 0 Å². The normalized spacial score (nSPS) is 11.6. The van der Waals surface area contributed by atoms with Crippen molar-refractivity contribution in [1.29, 1.82) is 0 Å². The van der Waals surface area contributed by atoms with Crippen molar-refractivity contribution in [3.63, 3.8) is 0 Å². The monoisotopic (exact) mass is 392 g/mol. The lowest BCUT2D eigenvalue weighted by Gasteiger charge is -2.07. The molecule has 2 N–H and O–H groups in total. The summed E-state index contributed by atoms with van der Waals surface area (Å²) in [7, 11) is -1.92. The zero-order valence-corrected chi connectivity index (χ0v) is 14.4. The van der Waals surface area contributed by atoms with Crippen molar-refractivity contribution in [2.75, 3.05) is 18.3 Å². The van der Waals surface area contributed by atoms with Crippen LogP contribution in [-0.2, 0) is 16.4 Å². The molecule has 4 nitrogen and oxygen atoms in total. The van der Waals surface area contributed by atoms with Gasteiger partial charge in [-0.3, -0.25) is 4.72 Å². The van der Waals surface area contributed by atoms with Crippen LogP contribution < -0.4 is 10.0 Å². The largest absolute Gasteiger partial charge is 0.319 e. The van der Waals surface area contributed by atoms with Crippen LogP contribution in [0.25, 0.3) is 0 Å². The van der Waals surface area contributed by atoms with Gasteiger partial charge in [-0.1, -0.05) is 15.9 Å². The Morgan fingerprint density at radius 1 is 1.29 bits per heavy atom. The van der Waals surface area contributed by atoms with E-state index in [1.54, 1.807) is 12.1 Å². The molecule has 8 heteroatoms. The summed E-state index contributed by atoms with van der Waals surface area (Å²) in [5.41, 5.74) is -0.0663. The number of sulfonamides is 1. The number of thiophene rings is 1. The number of benzene rings is 1. The molecular weight excluding hydrogens is 379 g/mol. The Morgan fingerprint density at radius 3 is 2.71 bits per heavy atom. The number of halogens is 2. The third-order valence-corrected chi connectivity index (χ3v) is 6.19. The molecule has 0 bridgehead atoms. The molecule has 0 fully saturated rings. The van der Waals surface area contributed by atoms with E-state index in [0.29, 0.717) is 4.47 Å². The second kappa shape index (κ2) is 6.87. The van der Waals surface area contributed by atoms with E-state index in [-0.39, 0.29) is 9.90 Å². The molecule has 0 aliphatic carbocycles. The zero-order valence-electron chi connectivity index (χ0n) is 11.2. The highest BCUT2D eigenvalue weighted by Crippen LogP contribution is 2.26. The molecule has 0 saturated heterocycles. The molecular formula is C13H14BrFN2O2S2. The van der Waals surface area contributed by atoms with Gasteiger partial charge in [0.05, 0.1) is 5.69 Å². The predicted molar refractivity (Wildman–Crippen MR) is 86.9 cm³/mol. The molecule has 0 atom stereocenters. The average molecular weight is 393 g/mol. The number of hydrogen-bond donors (Lipinski definition) is 2. The highest BCUT2D eigenvalue weighted by molar-refractivity contribution is 9.10. The zero-order chi connectivity index (χ0) is 15.5. The van der Waals surface area contributed by atoms with Crippen molar-refractivity contribution in [3.8, 4) is 0 Å². The van der Waals surface area contributed by atoms with E-state index in [2.05, 4.69) is 26.0 Å². The van der Waals surface area contributed by atoms with Crippen LogP contribution in [0.5, 0.6) is 0 Å². The van der Waals surface area contributed by atoms with Crippen LogP contribution in [-0.4, -0.2) is 22.0 Å². The van der Waals surface area contributed by atoms with Gasteiger partial charge in [0, 0.05) is 9.35 Å². The highest BCUT2D eigenvalue weighted by atomic mass is 79.9. The smallest absolute Gasteiger partial charge is 0.271 e. The minimum Gasteiger partial charge on any atom is -0.319 e. The number of hydrogen-bond acceptors (Lipinski definition) is 4. The number of anilines is 1. The molecule has 1 aromatic carbocycles. The molecule has 0 aliphatic rings. The Kier molecular flexibility index (Phi) is 5.37. The lowest BCUT2D eigenvalue weighted by atomic mass is 10.3. The second-order valence-electron chi connectivity index (χ2n) is 4.30. The number of likely N-dealkylation sites (N-methyl/N-ethyl adjacent to an activating group) is 1. The lowest BCUT2D eigenvalue weighted by Crippen LogP contribution is -2.12. The van der Waals surface area contributed by atoms with Crippen molar-refractivity contribution < 1.29 is 12.8 Å². The fourth-order valence-electron chi connectivity index (χ4n) is 1.65. The van der Waals surface area contributed by atoms with Gasteiger partial charge in [0.25, 0.3) is 10.0 Å². The maximum atomic E-state index is 13.7. The third kappa shape index (κ3) is 4.26.